The summed E-state index contributed by atoms with van der Waals surface area (Å²) >= 11 is 0. The molecule has 0 heterocycles. The van der Waals surface area contributed by atoms with Crippen LogP contribution in [-0.4, -0.2) is 12.6 Å². The largest absolute Gasteiger partial charge is 0.466 e. The molecule has 0 aromatic rings. The highest BCUT2D eigenvalue weighted by molar-refractivity contribution is 5.71. The predicted molar refractivity (Wildman–Crippen MR) is 59.3 cm³/mol. The summed E-state index contributed by atoms with van der Waals surface area (Å²) in [6, 6.07) is 0. The Labute approximate surface area is 91.7 Å². The molecule has 1 saturated carbocycles. The van der Waals surface area contributed by atoms with Gasteiger partial charge < -0.3 is 4.74 Å². The summed E-state index contributed by atoms with van der Waals surface area (Å²) in [4.78, 5) is 11.5. The molecule has 2 bridgehead atoms. The normalized spacial score (nSPS) is 34.4. The first-order valence-corrected chi connectivity index (χ1v) is 6.05. The zero-order chi connectivity index (χ0) is 10.8. The second-order valence-corrected chi connectivity index (χ2v) is 4.93. The number of carbonyl (C=O) groups is 1. The Morgan fingerprint density at radius 3 is 2.80 bits per heavy atom. The standard InChI is InChI=1S/C13H20O2/c1-3-15-13(14)9(2)6-12-8-10-4-5-11(12)7-10/h4-5,9-12H,3,6-8H2,1-2H3. The highest BCUT2D eigenvalue weighted by atomic mass is 16.5. The molecule has 0 N–H and O–H groups in total. The van der Waals surface area contributed by atoms with E-state index in [1.807, 2.05) is 13.8 Å². The van der Waals surface area contributed by atoms with Crippen LogP contribution in [0.2, 0.25) is 0 Å². The second-order valence-electron chi connectivity index (χ2n) is 4.93. The second kappa shape index (κ2) is 4.38. The van der Waals surface area contributed by atoms with Gasteiger partial charge in [-0.05, 0) is 43.9 Å². The predicted octanol–water partition coefficient (Wildman–Crippen LogP) is 2.79. The van der Waals surface area contributed by atoms with Crippen molar-refractivity contribution >= 4 is 5.97 Å². The molecule has 4 atom stereocenters. The van der Waals surface area contributed by atoms with Gasteiger partial charge in [-0.2, -0.15) is 0 Å². The Morgan fingerprint density at radius 1 is 1.47 bits per heavy atom. The van der Waals surface area contributed by atoms with E-state index in [9.17, 15) is 4.79 Å². The molecule has 15 heavy (non-hydrogen) atoms. The Balaban J connectivity index is 1.82. The van der Waals surface area contributed by atoms with E-state index in [-0.39, 0.29) is 11.9 Å². The molecule has 2 rings (SSSR count). The van der Waals surface area contributed by atoms with Crippen molar-refractivity contribution in [2.24, 2.45) is 23.7 Å². The zero-order valence-corrected chi connectivity index (χ0v) is 9.61. The molecule has 1 fully saturated rings. The molecule has 0 aromatic carbocycles. The van der Waals surface area contributed by atoms with Gasteiger partial charge in [-0.15, -0.1) is 0 Å². The first kappa shape index (κ1) is 10.7. The minimum Gasteiger partial charge on any atom is -0.466 e. The third kappa shape index (κ3) is 2.24. The van der Waals surface area contributed by atoms with Crippen LogP contribution in [-0.2, 0) is 9.53 Å². The van der Waals surface area contributed by atoms with Gasteiger partial charge >= 0.3 is 5.97 Å². The van der Waals surface area contributed by atoms with Gasteiger partial charge in [0.15, 0.2) is 0 Å². The average Bonchev–Trinajstić information content (AvgIpc) is 2.79. The van der Waals surface area contributed by atoms with Gasteiger partial charge in [-0.25, -0.2) is 0 Å². The van der Waals surface area contributed by atoms with Crippen LogP contribution in [0.25, 0.3) is 0 Å². The van der Waals surface area contributed by atoms with Crippen molar-refractivity contribution in [3.05, 3.63) is 12.2 Å². The van der Waals surface area contributed by atoms with E-state index in [4.69, 9.17) is 4.74 Å². The smallest absolute Gasteiger partial charge is 0.308 e. The van der Waals surface area contributed by atoms with Crippen LogP contribution in [0.1, 0.15) is 33.1 Å². The summed E-state index contributed by atoms with van der Waals surface area (Å²) in [5.41, 5.74) is 0. The number of esters is 1. The molecule has 2 heteroatoms. The van der Waals surface area contributed by atoms with Crippen molar-refractivity contribution in [3.63, 3.8) is 0 Å². The summed E-state index contributed by atoms with van der Waals surface area (Å²) in [7, 11) is 0. The van der Waals surface area contributed by atoms with Crippen molar-refractivity contribution in [1.82, 2.24) is 0 Å². The van der Waals surface area contributed by atoms with E-state index in [1.165, 1.54) is 12.8 Å². The maximum absolute atomic E-state index is 11.5. The molecule has 0 amide bonds. The lowest BCUT2D eigenvalue weighted by Crippen LogP contribution is -2.20. The highest BCUT2D eigenvalue weighted by Gasteiger charge is 2.37. The van der Waals surface area contributed by atoms with E-state index >= 15 is 0 Å². The molecule has 0 aromatic heterocycles. The third-order valence-corrected chi connectivity index (χ3v) is 3.76. The number of allylic oxidation sites excluding steroid dienone is 2. The molecule has 2 aliphatic carbocycles. The van der Waals surface area contributed by atoms with Crippen LogP contribution in [0.3, 0.4) is 0 Å². The zero-order valence-electron chi connectivity index (χ0n) is 9.61. The minimum absolute atomic E-state index is 0.0238. The van der Waals surface area contributed by atoms with Gasteiger partial charge in [-0.1, -0.05) is 19.1 Å². The van der Waals surface area contributed by atoms with Crippen molar-refractivity contribution < 1.29 is 9.53 Å². The van der Waals surface area contributed by atoms with Crippen molar-refractivity contribution in [2.45, 2.75) is 33.1 Å². The summed E-state index contributed by atoms with van der Waals surface area (Å²) in [6.07, 6.45) is 8.29. The molecule has 0 spiro atoms. The number of hydrogen-bond donors (Lipinski definition) is 0. The maximum Gasteiger partial charge on any atom is 0.308 e. The molecule has 0 radical (unpaired) electrons. The average molecular weight is 208 g/mol. The fourth-order valence-corrected chi connectivity index (χ4v) is 3.00. The monoisotopic (exact) mass is 208 g/mol. The lowest BCUT2D eigenvalue weighted by atomic mass is 9.86. The van der Waals surface area contributed by atoms with E-state index in [0.717, 1.165) is 24.2 Å². The summed E-state index contributed by atoms with van der Waals surface area (Å²) < 4.78 is 5.04. The highest BCUT2D eigenvalue weighted by Crippen LogP contribution is 2.45. The van der Waals surface area contributed by atoms with Gasteiger partial charge in [-0.3, -0.25) is 4.79 Å². The molecule has 84 valence electrons. The molecule has 2 aliphatic rings. The maximum atomic E-state index is 11.5. The minimum atomic E-state index is -0.0238. The van der Waals surface area contributed by atoms with E-state index in [0.29, 0.717) is 6.61 Å². The summed E-state index contributed by atoms with van der Waals surface area (Å²) in [5.74, 6) is 2.31. The van der Waals surface area contributed by atoms with Crippen LogP contribution in [0, 0.1) is 23.7 Å². The molecule has 0 saturated heterocycles. The van der Waals surface area contributed by atoms with Crippen molar-refractivity contribution in [2.75, 3.05) is 6.61 Å². The lowest BCUT2D eigenvalue weighted by Gasteiger charge is -2.20. The third-order valence-electron chi connectivity index (χ3n) is 3.76. The summed E-state index contributed by atoms with van der Waals surface area (Å²) in [6.45, 7) is 4.36. The van der Waals surface area contributed by atoms with Gasteiger partial charge in [0.2, 0.25) is 0 Å². The van der Waals surface area contributed by atoms with E-state index in [1.54, 1.807) is 0 Å². The Bertz CT molecular complexity index is 270. The molecular weight excluding hydrogens is 188 g/mol. The first-order chi connectivity index (χ1) is 7.20. The fraction of sp³-hybridized carbons (Fsp3) is 0.769. The van der Waals surface area contributed by atoms with Crippen molar-refractivity contribution in [3.8, 4) is 0 Å². The number of ether oxygens (including phenoxy) is 1. The van der Waals surface area contributed by atoms with Gasteiger partial charge in [0.05, 0.1) is 12.5 Å². The SMILES string of the molecule is CCOC(=O)C(C)CC1CC2C=CC1C2. The fourth-order valence-electron chi connectivity index (χ4n) is 3.00. The van der Waals surface area contributed by atoms with Crippen LogP contribution in [0.5, 0.6) is 0 Å². The van der Waals surface area contributed by atoms with Gasteiger partial charge in [0.25, 0.3) is 0 Å². The molecular formula is C13H20O2. The first-order valence-electron chi connectivity index (χ1n) is 6.05. The molecule has 0 aliphatic heterocycles. The summed E-state index contributed by atoms with van der Waals surface area (Å²) in [5, 5.41) is 0. The van der Waals surface area contributed by atoms with Crippen LogP contribution >= 0.6 is 0 Å². The Kier molecular flexibility index (Phi) is 3.13. The van der Waals surface area contributed by atoms with E-state index < -0.39 is 0 Å². The topological polar surface area (TPSA) is 26.3 Å². The Morgan fingerprint density at radius 2 is 2.27 bits per heavy atom. The van der Waals surface area contributed by atoms with Gasteiger partial charge in [0, 0.05) is 0 Å². The quantitative estimate of drug-likeness (QED) is 0.524. The van der Waals surface area contributed by atoms with E-state index in [2.05, 4.69) is 12.2 Å². The van der Waals surface area contributed by atoms with Gasteiger partial charge in [0.1, 0.15) is 0 Å². The number of carbonyl (C=O) groups excluding carboxylic acids is 1. The van der Waals surface area contributed by atoms with Crippen LogP contribution in [0.15, 0.2) is 12.2 Å². The lowest BCUT2D eigenvalue weighted by molar-refractivity contribution is -0.148. The van der Waals surface area contributed by atoms with Crippen LogP contribution < -0.4 is 0 Å². The number of rotatable bonds is 4. The molecule has 4 unspecified atom stereocenters. The van der Waals surface area contributed by atoms with Crippen LogP contribution in [0.4, 0.5) is 0 Å². The number of fused-ring (bicyclic) bond motifs is 2. The molecule has 2 nitrogen and oxygen atoms in total. The Hall–Kier alpha value is -0.790. The van der Waals surface area contributed by atoms with Crippen molar-refractivity contribution in [1.29, 1.82) is 0 Å². The number of hydrogen-bond acceptors (Lipinski definition) is 2.